The van der Waals surface area contributed by atoms with E-state index in [0.29, 0.717) is 5.69 Å². The largest absolute Gasteiger partial charge is 0.245 e. The van der Waals surface area contributed by atoms with E-state index in [2.05, 4.69) is 16.5 Å². The molecular formula is C7H7FN2. The molecule has 52 valence electrons. The molecule has 1 aromatic rings. The monoisotopic (exact) mass is 138 g/mol. The van der Waals surface area contributed by atoms with Crippen LogP contribution >= 0.6 is 0 Å². The molecule has 0 radical (unpaired) electrons. The highest BCUT2D eigenvalue weighted by Crippen LogP contribution is 2.13. The molecule has 0 amide bonds. The Balaban J connectivity index is 2.84. The van der Waals surface area contributed by atoms with Gasteiger partial charge in [-0.1, -0.05) is 12.7 Å². The smallest absolute Gasteiger partial charge is 0.160 e. The molecule has 1 heterocycles. The third-order valence-electron chi connectivity index (χ3n) is 1.09. The summed E-state index contributed by atoms with van der Waals surface area (Å²) in [5.74, 6) is 0. The standard InChI is InChI=1S/C7H7FN2/c1-2-6(8)7-3-4-9-5-10-7/h2-6H,1H2. The van der Waals surface area contributed by atoms with Crippen molar-refractivity contribution in [2.75, 3.05) is 0 Å². The van der Waals surface area contributed by atoms with E-state index < -0.39 is 6.17 Å². The van der Waals surface area contributed by atoms with Crippen LogP contribution < -0.4 is 0 Å². The highest BCUT2D eigenvalue weighted by molar-refractivity contribution is 5.07. The van der Waals surface area contributed by atoms with Crippen molar-refractivity contribution >= 4 is 0 Å². The lowest BCUT2D eigenvalue weighted by molar-refractivity contribution is 0.406. The number of aromatic nitrogens is 2. The van der Waals surface area contributed by atoms with Crippen LogP contribution in [0.2, 0.25) is 0 Å². The molecular weight excluding hydrogens is 131 g/mol. The van der Waals surface area contributed by atoms with Crippen LogP contribution in [0.4, 0.5) is 4.39 Å². The Hall–Kier alpha value is -1.25. The van der Waals surface area contributed by atoms with Crippen molar-refractivity contribution in [2.45, 2.75) is 6.17 Å². The van der Waals surface area contributed by atoms with Crippen molar-refractivity contribution in [1.29, 1.82) is 0 Å². The maximum absolute atomic E-state index is 12.7. The summed E-state index contributed by atoms with van der Waals surface area (Å²) in [5.41, 5.74) is 0.352. The van der Waals surface area contributed by atoms with E-state index in [1.165, 1.54) is 24.7 Å². The zero-order valence-corrected chi connectivity index (χ0v) is 5.37. The SMILES string of the molecule is C=CC(F)c1ccncn1. The maximum atomic E-state index is 12.7. The first-order valence-corrected chi connectivity index (χ1v) is 2.87. The second-order valence-electron chi connectivity index (χ2n) is 1.77. The summed E-state index contributed by atoms with van der Waals surface area (Å²) in [6, 6.07) is 1.52. The topological polar surface area (TPSA) is 25.8 Å². The third-order valence-corrected chi connectivity index (χ3v) is 1.09. The van der Waals surface area contributed by atoms with E-state index in [1.807, 2.05) is 0 Å². The summed E-state index contributed by atoms with van der Waals surface area (Å²) in [6.07, 6.45) is 2.83. The third kappa shape index (κ3) is 1.37. The molecule has 1 unspecified atom stereocenters. The van der Waals surface area contributed by atoms with Gasteiger partial charge in [0, 0.05) is 6.20 Å². The van der Waals surface area contributed by atoms with E-state index in [-0.39, 0.29) is 0 Å². The van der Waals surface area contributed by atoms with Crippen LogP contribution in [0.15, 0.2) is 31.2 Å². The number of allylic oxidation sites excluding steroid dienone is 1. The van der Waals surface area contributed by atoms with Gasteiger partial charge in [-0.3, -0.25) is 0 Å². The molecule has 0 saturated heterocycles. The summed E-state index contributed by atoms with van der Waals surface area (Å²) in [5, 5.41) is 0. The van der Waals surface area contributed by atoms with E-state index >= 15 is 0 Å². The number of halogens is 1. The van der Waals surface area contributed by atoms with E-state index in [1.54, 1.807) is 0 Å². The molecule has 0 bridgehead atoms. The molecule has 1 aromatic heterocycles. The highest BCUT2D eigenvalue weighted by Gasteiger charge is 2.03. The molecule has 0 spiro atoms. The highest BCUT2D eigenvalue weighted by atomic mass is 19.1. The van der Waals surface area contributed by atoms with Crippen LogP contribution in [0.3, 0.4) is 0 Å². The van der Waals surface area contributed by atoms with Crippen molar-refractivity contribution < 1.29 is 4.39 Å². The lowest BCUT2D eigenvalue weighted by atomic mass is 10.3. The molecule has 0 aliphatic carbocycles. The molecule has 2 nitrogen and oxygen atoms in total. The fourth-order valence-corrected chi connectivity index (χ4v) is 0.585. The van der Waals surface area contributed by atoms with E-state index in [4.69, 9.17) is 0 Å². The second-order valence-corrected chi connectivity index (χ2v) is 1.77. The van der Waals surface area contributed by atoms with Gasteiger partial charge in [-0.15, -0.1) is 0 Å². The van der Waals surface area contributed by atoms with Crippen molar-refractivity contribution in [1.82, 2.24) is 9.97 Å². The minimum absolute atomic E-state index is 0.352. The maximum Gasteiger partial charge on any atom is 0.160 e. The lowest BCUT2D eigenvalue weighted by Crippen LogP contribution is -1.90. The van der Waals surface area contributed by atoms with Gasteiger partial charge in [-0.05, 0) is 6.07 Å². The van der Waals surface area contributed by atoms with Crippen LogP contribution in [0, 0.1) is 0 Å². The Labute approximate surface area is 58.4 Å². The predicted molar refractivity (Wildman–Crippen MR) is 36.1 cm³/mol. The first-order chi connectivity index (χ1) is 4.84. The molecule has 3 heteroatoms. The zero-order valence-electron chi connectivity index (χ0n) is 5.37. The molecule has 10 heavy (non-hydrogen) atoms. The van der Waals surface area contributed by atoms with Gasteiger partial charge in [0.15, 0.2) is 6.17 Å². The van der Waals surface area contributed by atoms with Crippen molar-refractivity contribution in [2.24, 2.45) is 0 Å². The van der Waals surface area contributed by atoms with Gasteiger partial charge in [-0.2, -0.15) is 0 Å². The summed E-state index contributed by atoms with van der Waals surface area (Å²) >= 11 is 0. The minimum atomic E-state index is -1.18. The molecule has 0 saturated carbocycles. The first-order valence-electron chi connectivity index (χ1n) is 2.87. The molecule has 0 aliphatic rings. The first kappa shape index (κ1) is 6.86. The average Bonchev–Trinajstić information content (AvgIpc) is 2.05. The molecule has 0 aromatic carbocycles. The Bertz CT molecular complexity index is 210. The van der Waals surface area contributed by atoms with E-state index in [0.717, 1.165) is 0 Å². The summed E-state index contributed by atoms with van der Waals surface area (Å²) in [6.45, 7) is 3.30. The Morgan fingerprint density at radius 1 is 1.70 bits per heavy atom. The van der Waals surface area contributed by atoms with Crippen LogP contribution in [0.5, 0.6) is 0 Å². The van der Waals surface area contributed by atoms with Crippen LogP contribution in [-0.2, 0) is 0 Å². The fraction of sp³-hybridized carbons (Fsp3) is 0.143. The Morgan fingerprint density at radius 3 is 3.00 bits per heavy atom. The van der Waals surface area contributed by atoms with Crippen molar-refractivity contribution in [3.63, 3.8) is 0 Å². The van der Waals surface area contributed by atoms with E-state index in [9.17, 15) is 4.39 Å². The molecule has 0 N–H and O–H groups in total. The minimum Gasteiger partial charge on any atom is -0.245 e. The second kappa shape index (κ2) is 3.06. The van der Waals surface area contributed by atoms with Gasteiger partial charge < -0.3 is 0 Å². The number of hydrogen-bond acceptors (Lipinski definition) is 2. The van der Waals surface area contributed by atoms with Gasteiger partial charge >= 0.3 is 0 Å². The summed E-state index contributed by atoms with van der Waals surface area (Å²) in [4.78, 5) is 7.34. The van der Waals surface area contributed by atoms with Gasteiger partial charge in [-0.25, -0.2) is 14.4 Å². The summed E-state index contributed by atoms with van der Waals surface area (Å²) in [7, 11) is 0. The molecule has 1 rings (SSSR count). The lowest BCUT2D eigenvalue weighted by Gasteiger charge is -1.97. The average molecular weight is 138 g/mol. The van der Waals surface area contributed by atoms with Crippen LogP contribution in [0.1, 0.15) is 11.9 Å². The molecule has 1 atom stereocenters. The Kier molecular flexibility index (Phi) is 2.10. The zero-order chi connectivity index (χ0) is 7.40. The summed E-state index contributed by atoms with van der Waals surface area (Å²) < 4.78 is 12.7. The van der Waals surface area contributed by atoms with Gasteiger partial charge in [0.1, 0.15) is 6.33 Å². The molecule has 0 fully saturated rings. The quantitative estimate of drug-likeness (QED) is 0.581. The van der Waals surface area contributed by atoms with Gasteiger partial charge in [0.25, 0.3) is 0 Å². The Morgan fingerprint density at radius 2 is 2.50 bits per heavy atom. The van der Waals surface area contributed by atoms with Gasteiger partial charge in [0.2, 0.25) is 0 Å². The molecule has 0 aliphatic heterocycles. The fourth-order valence-electron chi connectivity index (χ4n) is 0.585. The normalized spacial score (nSPS) is 12.5. The van der Waals surface area contributed by atoms with Crippen LogP contribution in [-0.4, -0.2) is 9.97 Å². The number of nitrogens with zero attached hydrogens (tertiary/aromatic N) is 2. The predicted octanol–water partition coefficient (Wildman–Crippen LogP) is 1.67. The van der Waals surface area contributed by atoms with Crippen molar-refractivity contribution in [3.8, 4) is 0 Å². The number of rotatable bonds is 2. The number of hydrogen-bond donors (Lipinski definition) is 0. The van der Waals surface area contributed by atoms with Crippen molar-refractivity contribution in [3.05, 3.63) is 36.9 Å². The van der Waals surface area contributed by atoms with Gasteiger partial charge in [0.05, 0.1) is 5.69 Å². The number of alkyl halides is 1. The van der Waals surface area contributed by atoms with Crippen LogP contribution in [0.25, 0.3) is 0 Å².